The van der Waals surface area contributed by atoms with Gasteiger partial charge in [0.15, 0.2) is 0 Å². The Balaban J connectivity index is 2.28. The molecule has 5 heteroatoms. The van der Waals surface area contributed by atoms with Gasteiger partial charge in [-0.3, -0.25) is 0 Å². The Morgan fingerprint density at radius 1 is 1.27 bits per heavy atom. The molecule has 0 unspecified atom stereocenters. The van der Waals surface area contributed by atoms with Crippen LogP contribution in [0.3, 0.4) is 0 Å². The number of nitrogens with zero attached hydrogens (tertiary/aromatic N) is 2. The lowest BCUT2D eigenvalue weighted by molar-refractivity contribution is 0.459. The van der Waals surface area contributed by atoms with E-state index in [4.69, 9.17) is 10.5 Å². The SMILES string of the molecule is Nc1ccc(Br)c(Oc2ccncn2)c1. The summed E-state index contributed by atoms with van der Waals surface area (Å²) in [5.41, 5.74) is 6.29. The highest BCUT2D eigenvalue weighted by atomic mass is 79.9. The number of halogens is 1. The normalized spacial score (nSPS) is 9.93. The van der Waals surface area contributed by atoms with Gasteiger partial charge in [-0.15, -0.1) is 0 Å². The highest BCUT2D eigenvalue weighted by Crippen LogP contribution is 2.30. The third kappa shape index (κ3) is 2.44. The number of ether oxygens (including phenoxy) is 1. The standard InChI is InChI=1S/C10H8BrN3O/c11-8-2-1-7(12)5-9(8)15-10-3-4-13-6-14-10/h1-6H,12H2. The summed E-state index contributed by atoms with van der Waals surface area (Å²) in [6.07, 6.45) is 3.04. The van der Waals surface area contributed by atoms with Crippen molar-refractivity contribution in [2.24, 2.45) is 0 Å². The van der Waals surface area contributed by atoms with Crippen LogP contribution in [0.4, 0.5) is 5.69 Å². The number of hydrogen-bond donors (Lipinski definition) is 1. The first-order valence-corrected chi connectivity index (χ1v) is 5.04. The van der Waals surface area contributed by atoms with Crippen molar-refractivity contribution in [1.29, 1.82) is 0 Å². The summed E-state index contributed by atoms with van der Waals surface area (Å²) in [6.45, 7) is 0. The third-order valence-electron chi connectivity index (χ3n) is 1.72. The molecule has 2 aromatic rings. The Bertz CT molecular complexity index is 461. The van der Waals surface area contributed by atoms with Gasteiger partial charge in [-0.25, -0.2) is 9.97 Å². The number of nitrogen functional groups attached to an aromatic ring is 1. The van der Waals surface area contributed by atoms with Gasteiger partial charge in [0, 0.05) is 24.0 Å². The van der Waals surface area contributed by atoms with E-state index in [-0.39, 0.29) is 0 Å². The molecule has 1 aromatic carbocycles. The second-order valence-corrected chi connectivity index (χ2v) is 3.69. The zero-order chi connectivity index (χ0) is 10.7. The molecule has 1 aromatic heterocycles. The highest BCUT2D eigenvalue weighted by Gasteiger charge is 2.03. The first-order chi connectivity index (χ1) is 7.25. The molecule has 0 aliphatic rings. The second-order valence-electron chi connectivity index (χ2n) is 2.84. The molecule has 2 N–H and O–H groups in total. The molecule has 0 fully saturated rings. The van der Waals surface area contributed by atoms with E-state index in [9.17, 15) is 0 Å². The van der Waals surface area contributed by atoms with Gasteiger partial charge in [0.05, 0.1) is 4.47 Å². The Morgan fingerprint density at radius 2 is 2.13 bits per heavy atom. The number of rotatable bonds is 2. The van der Waals surface area contributed by atoms with Gasteiger partial charge < -0.3 is 10.5 Å². The minimum Gasteiger partial charge on any atom is -0.438 e. The Labute approximate surface area is 95.2 Å². The molecule has 0 spiro atoms. The van der Waals surface area contributed by atoms with Gasteiger partial charge in [0.25, 0.3) is 0 Å². The molecule has 2 rings (SSSR count). The Hall–Kier alpha value is -1.62. The van der Waals surface area contributed by atoms with Crippen LogP contribution in [0.5, 0.6) is 11.6 Å². The van der Waals surface area contributed by atoms with E-state index in [0.29, 0.717) is 17.3 Å². The van der Waals surface area contributed by atoms with Crippen molar-refractivity contribution >= 4 is 21.6 Å². The number of nitrogens with two attached hydrogens (primary N) is 1. The molecule has 0 aliphatic carbocycles. The van der Waals surface area contributed by atoms with E-state index in [2.05, 4.69) is 25.9 Å². The molecular weight excluding hydrogens is 258 g/mol. The van der Waals surface area contributed by atoms with Crippen LogP contribution in [0.25, 0.3) is 0 Å². The van der Waals surface area contributed by atoms with E-state index in [0.717, 1.165) is 4.47 Å². The molecule has 4 nitrogen and oxygen atoms in total. The molecule has 0 bridgehead atoms. The maximum Gasteiger partial charge on any atom is 0.222 e. The fourth-order valence-corrected chi connectivity index (χ4v) is 1.38. The van der Waals surface area contributed by atoms with Crippen molar-refractivity contribution in [3.63, 3.8) is 0 Å². The molecule has 0 atom stereocenters. The van der Waals surface area contributed by atoms with Crippen molar-refractivity contribution in [3.05, 3.63) is 41.3 Å². The molecule has 0 aliphatic heterocycles. The van der Waals surface area contributed by atoms with Gasteiger partial charge in [0.1, 0.15) is 12.1 Å². The minimum atomic E-state index is 0.483. The second kappa shape index (κ2) is 4.27. The van der Waals surface area contributed by atoms with Crippen LogP contribution in [-0.4, -0.2) is 9.97 Å². The van der Waals surface area contributed by atoms with E-state index in [1.807, 2.05) is 6.07 Å². The third-order valence-corrected chi connectivity index (χ3v) is 2.38. The molecule has 0 saturated heterocycles. The van der Waals surface area contributed by atoms with E-state index in [1.165, 1.54) is 6.33 Å². The monoisotopic (exact) mass is 265 g/mol. The van der Waals surface area contributed by atoms with E-state index in [1.54, 1.807) is 24.4 Å². The lowest BCUT2D eigenvalue weighted by Gasteiger charge is -2.06. The lowest BCUT2D eigenvalue weighted by Crippen LogP contribution is -1.91. The predicted octanol–water partition coefficient (Wildman–Crippen LogP) is 2.61. The first kappa shape index (κ1) is 9.92. The molecule has 0 amide bonds. The fraction of sp³-hybridized carbons (Fsp3) is 0. The van der Waals surface area contributed by atoms with E-state index >= 15 is 0 Å². The average molecular weight is 266 g/mol. The van der Waals surface area contributed by atoms with Crippen molar-refractivity contribution in [2.45, 2.75) is 0 Å². The van der Waals surface area contributed by atoms with Crippen LogP contribution in [-0.2, 0) is 0 Å². The zero-order valence-corrected chi connectivity index (χ0v) is 9.31. The first-order valence-electron chi connectivity index (χ1n) is 4.24. The van der Waals surface area contributed by atoms with E-state index < -0.39 is 0 Å². The van der Waals surface area contributed by atoms with Crippen LogP contribution >= 0.6 is 15.9 Å². The molecule has 1 heterocycles. The molecule has 76 valence electrons. The summed E-state index contributed by atoms with van der Waals surface area (Å²) in [5.74, 6) is 1.12. The molecule has 15 heavy (non-hydrogen) atoms. The summed E-state index contributed by atoms with van der Waals surface area (Å²) >= 11 is 3.36. The molecule has 0 radical (unpaired) electrons. The minimum absolute atomic E-state index is 0.483. The Kier molecular flexibility index (Phi) is 2.82. The topological polar surface area (TPSA) is 61.0 Å². The fourth-order valence-electron chi connectivity index (χ4n) is 1.05. The van der Waals surface area contributed by atoms with Crippen LogP contribution < -0.4 is 10.5 Å². The van der Waals surface area contributed by atoms with Crippen LogP contribution in [0.15, 0.2) is 41.3 Å². The van der Waals surface area contributed by atoms with Gasteiger partial charge in [-0.05, 0) is 28.1 Å². The van der Waals surface area contributed by atoms with Crippen LogP contribution in [0.1, 0.15) is 0 Å². The number of hydrogen-bond acceptors (Lipinski definition) is 4. The summed E-state index contributed by atoms with van der Waals surface area (Å²) in [4.78, 5) is 7.75. The van der Waals surface area contributed by atoms with Crippen LogP contribution in [0, 0.1) is 0 Å². The van der Waals surface area contributed by atoms with Gasteiger partial charge in [-0.1, -0.05) is 0 Å². The van der Waals surface area contributed by atoms with Crippen molar-refractivity contribution < 1.29 is 4.74 Å². The summed E-state index contributed by atoms with van der Waals surface area (Å²) in [5, 5.41) is 0. The van der Waals surface area contributed by atoms with Crippen molar-refractivity contribution in [2.75, 3.05) is 5.73 Å². The maximum absolute atomic E-state index is 5.65. The lowest BCUT2D eigenvalue weighted by atomic mass is 10.3. The van der Waals surface area contributed by atoms with Crippen molar-refractivity contribution in [1.82, 2.24) is 9.97 Å². The number of benzene rings is 1. The number of anilines is 1. The molecular formula is C10H8BrN3O. The summed E-state index contributed by atoms with van der Waals surface area (Å²) in [6, 6.07) is 7.02. The van der Waals surface area contributed by atoms with Crippen LogP contribution in [0.2, 0.25) is 0 Å². The molecule has 0 saturated carbocycles. The maximum atomic E-state index is 5.65. The quantitative estimate of drug-likeness (QED) is 0.849. The summed E-state index contributed by atoms with van der Waals surface area (Å²) < 4.78 is 6.34. The average Bonchev–Trinajstić information content (AvgIpc) is 2.25. The van der Waals surface area contributed by atoms with Gasteiger partial charge in [-0.2, -0.15) is 0 Å². The zero-order valence-electron chi connectivity index (χ0n) is 7.72. The van der Waals surface area contributed by atoms with Gasteiger partial charge in [0.2, 0.25) is 5.88 Å². The predicted molar refractivity (Wildman–Crippen MR) is 60.7 cm³/mol. The Morgan fingerprint density at radius 3 is 2.87 bits per heavy atom. The largest absolute Gasteiger partial charge is 0.438 e. The van der Waals surface area contributed by atoms with Gasteiger partial charge >= 0.3 is 0 Å². The smallest absolute Gasteiger partial charge is 0.222 e. The highest BCUT2D eigenvalue weighted by molar-refractivity contribution is 9.10. The summed E-state index contributed by atoms with van der Waals surface area (Å²) in [7, 11) is 0. The van der Waals surface area contributed by atoms with Crippen molar-refractivity contribution in [3.8, 4) is 11.6 Å². The number of aromatic nitrogens is 2.